The largest absolute Gasteiger partial charge is 0.481 e. The zero-order valence-corrected chi connectivity index (χ0v) is 10.9. The Bertz CT molecular complexity index is 379. The number of aliphatic carboxylic acids is 1. The van der Waals surface area contributed by atoms with Gasteiger partial charge < -0.3 is 15.3 Å². The molecule has 0 spiro atoms. The second-order valence-corrected chi connectivity index (χ2v) is 5.28. The number of carboxylic acids is 1. The smallest absolute Gasteiger partial charge is 0.303 e. The van der Waals surface area contributed by atoms with Gasteiger partial charge in [0.05, 0.1) is 0 Å². The number of nitrogens with zero attached hydrogens (tertiary/aromatic N) is 1. The molecule has 6 nitrogen and oxygen atoms in total. The summed E-state index contributed by atoms with van der Waals surface area (Å²) in [6.07, 6.45) is 4.16. The predicted molar refractivity (Wildman–Crippen MR) is 67.4 cm³/mol. The van der Waals surface area contributed by atoms with Crippen molar-refractivity contribution in [1.29, 1.82) is 0 Å². The molecule has 1 atom stereocenters. The summed E-state index contributed by atoms with van der Waals surface area (Å²) in [6.45, 7) is 0.606. The fraction of sp³-hybridized carbons (Fsp3) is 0.769. The molecule has 1 aliphatic heterocycles. The second kappa shape index (κ2) is 6.04. The average Bonchev–Trinajstić information content (AvgIpc) is 3.02. The van der Waals surface area contributed by atoms with Crippen LogP contribution >= 0.6 is 0 Å². The van der Waals surface area contributed by atoms with Crippen LogP contribution in [0.5, 0.6) is 0 Å². The Morgan fingerprint density at radius 2 is 1.89 bits per heavy atom. The van der Waals surface area contributed by atoms with E-state index in [1.807, 2.05) is 0 Å². The Labute approximate surface area is 112 Å². The van der Waals surface area contributed by atoms with Crippen LogP contribution in [0.25, 0.3) is 0 Å². The van der Waals surface area contributed by atoms with Gasteiger partial charge in [-0.25, -0.2) is 0 Å². The molecular formula is C13H20N2O4. The molecule has 1 saturated carbocycles. The molecule has 0 radical (unpaired) electrons. The van der Waals surface area contributed by atoms with E-state index in [-0.39, 0.29) is 30.7 Å². The Balaban J connectivity index is 1.81. The van der Waals surface area contributed by atoms with Crippen molar-refractivity contribution < 1.29 is 19.5 Å². The average molecular weight is 268 g/mol. The first-order chi connectivity index (χ1) is 9.08. The van der Waals surface area contributed by atoms with Crippen LogP contribution in [0.1, 0.15) is 44.9 Å². The van der Waals surface area contributed by atoms with Crippen LogP contribution in [-0.2, 0) is 14.4 Å². The summed E-state index contributed by atoms with van der Waals surface area (Å²) in [6, 6.07) is -0.0463. The molecule has 1 heterocycles. The van der Waals surface area contributed by atoms with Gasteiger partial charge in [0.25, 0.3) is 0 Å². The van der Waals surface area contributed by atoms with Gasteiger partial charge in [0.1, 0.15) is 6.04 Å². The van der Waals surface area contributed by atoms with Gasteiger partial charge in [-0.1, -0.05) is 0 Å². The van der Waals surface area contributed by atoms with Gasteiger partial charge >= 0.3 is 5.97 Å². The minimum atomic E-state index is -0.891. The topological polar surface area (TPSA) is 86.7 Å². The molecular weight excluding hydrogens is 248 g/mol. The molecule has 1 saturated heterocycles. The molecule has 2 amide bonds. The number of hydrogen-bond acceptors (Lipinski definition) is 3. The van der Waals surface area contributed by atoms with Crippen molar-refractivity contribution in [1.82, 2.24) is 10.2 Å². The van der Waals surface area contributed by atoms with E-state index in [2.05, 4.69) is 5.32 Å². The van der Waals surface area contributed by atoms with Crippen LogP contribution in [0.4, 0.5) is 0 Å². The maximum Gasteiger partial charge on any atom is 0.303 e. The van der Waals surface area contributed by atoms with Gasteiger partial charge in [-0.05, 0) is 32.1 Å². The number of nitrogens with one attached hydrogen (secondary N) is 1. The second-order valence-electron chi connectivity index (χ2n) is 5.28. The molecule has 0 aromatic heterocycles. The van der Waals surface area contributed by atoms with E-state index in [1.54, 1.807) is 4.90 Å². The summed E-state index contributed by atoms with van der Waals surface area (Å²) < 4.78 is 0. The van der Waals surface area contributed by atoms with Crippen molar-refractivity contribution in [2.75, 3.05) is 6.54 Å². The Morgan fingerprint density at radius 1 is 1.16 bits per heavy atom. The van der Waals surface area contributed by atoms with Crippen molar-refractivity contribution in [2.24, 2.45) is 0 Å². The lowest BCUT2D eigenvalue weighted by Crippen LogP contribution is -2.46. The van der Waals surface area contributed by atoms with Crippen molar-refractivity contribution in [3.63, 3.8) is 0 Å². The minimum absolute atomic E-state index is 0.00147. The van der Waals surface area contributed by atoms with Crippen LogP contribution in [-0.4, -0.2) is 46.4 Å². The van der Waals surface area contributed by atoms with Crippen molar-refractivity contribution in [2.45, 2.75) is 57.0 Å². The summed E-state index contributed by atoms with van der Waals surface area (Å²) in [5.41, 5.74) is 0. The van der Waals surface area contributed by atoms with E-state index in [1.165, 1.54) is 0 Å². The monoisotopic (exact) mass is 268 g/mol. The molecule has 1 aliphatic carbocycles. The maximum absolute atomic E-state index is 12.0. The van der Waals surface area contributed by atoms with Gasteiger partial charge in [0, 0.05) is 25.4 Å². The molecule has 6 heteroatoms. The molecule has 2 N–H and O–H groups in total. The van der Waals surface area contributed by atoms with E-state index in [9.17, 15) is 14.4 Å². The molecule has 1 unspecified atom stereocenters. The fourth-order valence-electron chi connectivity index (χ4n) is 2.40. The van der Waals surface area contributed by atoms with E-state index in [0.717, 1.165) is 19.3 Å². The normalized spacial score (nSPS) is 22.3. The number of carbonyl (C=O) groups excluding carboxylic acids is 2. The van der Waals surface area contributed by atoms with Crippen LogP contribution in [0.2, 0.25) is 0 Å². The van der Waals surface area contributed by atoms with Crippen LogP contribution in [0.3, 0.4) is 0 Å². The third kappa shape index (κ3) is 3.94. The Morgan fingerprint density at radius 3 is 2.53 bits per heavy atom. The summed E-state index contributed by atoms with van der Waals surface area (Å²) in [7, 11) is 0. The SMILES string of the molecule is O=C(O)CCCC(=O)N1CCCC1C(=O)NC1CC1. The molecule has 106 valence electrons. The summed E-state index contributed by atoms with van der Waals surface area (Å²) in [5.74, 6) is -1.04. The standard InChI is InChI=1S/C13H20N2O4/c16-11(4-1-5-12(17)18)15-8-2-3-10(15)13(19)14-9-6-7-9/h9-10H,1-8H2,(H,14,19)(H,17,18). The molecule has 19 heavy (non-hydrogen) atoms. The number of hydrogen-bond donors (Lipinski definition) is 2. The molecule has 2 fully saturated rings. The lowest BCUT2D eigenvalue weighted by atomic mass is 10.1. The zero-order valence-electron chi connectivity index (χ0n) is 10.9. The highest BCUT2D eigenvalue weighted by atomic mass is 16.4. The van der Waals surface area contributed by atoms with Gasteiger partial charge in [-0.3, -0.25) is 14.4 Å². The zero-order chi connectivity index (χ0) is 13.8. The first kappa shape index (κ1) is 13.8. The van der Waals surface area contributed by atoms with Gasteiger partial charge in [0.15, 0.2) is 0 Å². The van der Waals surface area contributed by atoms with E-state index >= 15 is 0 Å². The fourth-order valence-corrected chi connectivity index (χ4v) is 2.40. The van der Waals surface area contributed by atoms with Crippen molar-refractivity contribution in [3.8, 4) is 0 Å². The highest BCUT2D eigenvalue weighted by molar-refractivity contribution is 5.88. The number of amides is 2. The Hall–Kier alpha value is -1.59. The van der Waals surface area contributed by atoms with Crippen LogP contribution in [0.15, 0.2) is 0 Å². The molecule has 0 aromatic rings. The first-order valence-electron chi connectivity index (χ1n) is 6.89. The third-order valence-electron chi connectivity index (χ3n) is 3.58. The van der Waals surface area contributed by atoms with E-state index in [0.29, 0.717) is 25.4 Å². The molecule has 0 aromatic carbocycles. The first-order valence-corrected chi connectivity index (χ1v) is 6.89. The van der Waals surface area contributed by atoms with Crippen molar-refractivity contribution >= 4 is 17.8 Å². The summed E-state index contributed by atoms with van der Waals surface area (Å²) in [4.78, 5) is 36.0. The van der Waals surface area contributed by atoms with E-state index < -0.39 is 5.97 Å². The number of carboxylic acid groups (broad SMARTS) is 1. The minimum Gasteiger partial charge on any atom is -0.481 e. The predicted octanol–water partition coefficient (Wildman–Crippen LogP) is 0.511. The van der Waals surface area contributed by atoms with Gasteiger partial charge in [-0.15, -0.1) is 0 Å². The van der Waals surface area contributed by atoms with Gasteiger partial charge in [0.2, 0.25) is 11.8 Å². The Kier molecular flexibility index (Phi) is 4.39. The maximum atomic E-state index is 12.0. The lowest BCUT2D eigenvalue weighted by molar-refractivity contribution is -0.139. The summed E-state index contributed by atoms with van der Waals surface area (Å²) in [5, 5.41) is 11.5. The lowest BCUT2D eigenvalue weighted by Gasteiger charge is -2.24. The third-order valence-corrected chi connectivity index (χ3v) is 3.58. The number of carbonyl (C=O) groups is 3. The van der Waals surface area contributed by atoms with Crippen LogP contribution < -0.4 is 5.32 Å². The van der Waals surface area contributed by atoms with Crippen molar-refractivity contribution in [3.05, 3.63) is 0 Å². The van der Waals surface area contributed by atoms with Crippen LogP contribution in [0, 0.1) is 0 Å². The number of likely N-dealkylation sites (tertiary alicyclic amines) is 1. The molecule has 0 bridgehead atoms. The highest BCUT2D eigenvalue weighted by Crippen LogP contribution is 2.23. The van der Waals surface area contributed by atoms with Gasteiger partial charge in [-0.2, -0.15) is 0 Å². The molecule has 2 rings (SSSR count). The summed E-state index contributed by atoms with van der Waals surface area (Å²) >= 11 is 0. The number of rotatable bonds is 6. The quantitative estimate of drug-likeness (QED) is 0.735. The van der Waals surface area contributed by atoms with E-state index in [4.69, 9.17) is 5.11 Å². The highest BCUT2D eigenvalue weighted by Gasteiger charge is 2.36. The molecule has 2 aliphatic rings.